The zero-order valence-corrected chi connectivity index (χ0v) is 12.1. The van der Waals surface area contributed by atoms with Crippen molar-refractivity contribution in [1.82, 2.24) is 15.2 Å². The van der Waals surface area contributed by atoms with Gasteiger partial charge in [0.1, 0.15) is 10.8 Å². The maximum Gasteiger partial charge on any atom is 0.295 e. The summed E-state index contributed by atoms with van der Waals surface area (Å²) in [4.78, 5) is 26.2. The van der Waals surface area contributed by atoms with Crippen LogP contribution < -0.4 is 5.32 Å². The van der Waals surface area contributed by atoms with E-state index in [2.05, 4.69) is 20.5 Å². The van der Waals surface area contributed by atoms with E-state index in [1.165, 1.54) is 12.1 Å². The molecule has 0 saturated carbocycles. The number of amides is 1. The normalized spacial score (nSPS) is 10.4. The van der Waals surface area contributed by atoms with Crippen molar-refractivity contribution < 1.29 is 9.72 Å². The van der Waals surface area contributed by atoms with Crippen molar-refractivity contribution in [3.63, 3.8) is 0 Å². The van der Waals surface area contributed by atoms with Crippen molar-refractivity contribution in [2.75, 3.05) is 5.32 Å². The summed E-state index contributed by atoms with van der Waals surface area (Å²) in [6.07, 6.45) is 0.628. The zero-order valence-electron chi connectivity index (χ0n) is 11.3. The standard InChI is InChI=1S/C12H12ClN5O3/c1-3-10-15-11(17-16-10)12(19)14-8-5-7(13)9(18(20)21)4-6(8)2/h4-5H,3H2,1-2H3,(H,14,19)(H,15,16,17). The Morgan fingerprint density at radius 2 is 2.24 bits per heavy atom. The number of carbonyl (C=O) groups excluding carboxylic acids is 1. The molecule has 2 aromatic rings. The summed E-state index contributed by atoms with van der Waals surface area (Å²) in [5, 5.41) is 19.7. The minimum absolute atomic E-state index is 0.000672. The first-order valence-electron chi connectivity index (χ1n) is 6.09. The lowest BCUT2D eigenvalue weighted by Crippen LogP contribution is -2.14. The molecule has 21 heavy (non-hydrogen) atoms. The Balaban J connectivity index is 2.25. The smallest absolute Gasteiger partial charge is 0.295 e. The van der Waals surface area contributed by atoms with Gasteiger partial charge in [0.05, 0.1) is 4.92 Å². The molecule has 1 heterocycles. The third kappa shape index (κ3) is 3.16. The van der Waals surface area contributed by atoms with Crippen LogP contribution in [0.4, 0.5) is 11.4 Å². The molecule has 0 aliphatic rings. The molecule has 0 unspecified atom stereocenters. The number of anilines is 1. The zero-order chi connectivity index (χ0) is 15.6. The Labute approximate surface area is 124 Å². The molecule has 8 nitrogen and oxygen atoms in total. The average Bonchev–Trinajstić information content (AvgIpc) is 2.91. The second-order valence-electron chi connectivity index (χ2n) is 4.29. The van der Waals surface area contributed by atoms with Crippen molar-refractivity contribution in [1.29, 1.82) is 0 Å². The fourth-order valence-electron chi connectivity index (χ4n) is 1.67. The molecule has 1 aromatic carbocycles. The van der Waals surface area contributed by atoms with Gasteiger partial charge in [0.25, 0.3) is 11.6 Å². The number of nitrogens with one attached hydrogen (secondary N) is 2. The molecule has 0 radical (unpaired) electrons. The molecule has 9 heteroatoms. The summed E-state index contributed by atoms with van der Waals surface area (Å²) in [6.45, 7) is 3.51. The molecule has 0 bridgehead atoms. The molecule has 2 rings (SSSR count). The second-order valence-corrected chi connectivity index (χ2v) is 4.70. The monoisotopic (exact) mass is 309 g/mol. The molecule has 1 amide bonds. The van der Waals surface area contributed by atoms with Gasteiger partial charge in [-0.05, 0) is 18.6 Å². The van der Waals surface area contributed by atoms with Gasteiger partial charge >= 0.3 is 0 Å². The number of H-pyrrole nitrogens is 1. The van der Waals surface area contributed by atoms with E-state index in [1.54, 1.807) is 6.92 Å². The van der Waals surface area contributed by atoms with Gasteiger partial charge in [0.2, 0.25) is 5.82 Å². The van der Waals surface area contributed by atoms with Gasteiger partial charge in [0.15, 0.2) is 0 Å². The molecular formula is C12H12ClN5O3. The van der Waals surface area contributed by atoms with E-state index in [0.717, 1.165) is 0 Å². The van der Waals surface area contributed by atoms with E-state index in [4.69, 9.17) is 11.6 Å². The number of nitro benzene ring substituents is 1. The molecule has 0 atom stereocenters. The van der Waals surface area contributed by atoms with Crippen molar-refractivity contribution in [2.45, 2.75) is 20.3 Å². The Bertz CT molecular complexity index is 713. The highest BCUT2D eigenvalue weighted by Gasteiger charge is 2.18. The van der Waals surface area contributed by atoms with Crippen molar-refractivity contribution >= 4 is 28.9 Å². The first-order valence-corrected chi connectivity index (χ1v) is 6.47. The van der Waals surface area contributed by atoms with Crippen molar-refractivity contribution in [3.05, 3.63) is 44.5 Å². The van der Waals surface area contributed by atoms with Gasteiger partial charge in [-0.15, -0.1) is 5.10 Å². The lowest BCUT2D eigenvalue weighted by atomic mass is 10.1. The number of hydrogen-bond acceptors (Lipinski definition) is 5. The van der Waals surface area contributed by atoms with Crippen LogP contribution in [0.25, 0.3) is 0 Å². The third-order valence-electron chi connectivity index (χ3n) is 2.81. The Kier molecular flexibility index (Phi) is 4.18. The van der Waals surface area contributed by atoms with E-state index < -0.39 is 10.8 Å². The molecular weight excluding hydrogens is 298 g/mol. The van der Waals surface area contributed by atoms with Gasteiger partial charge in [-0.25, -0.2) is 4.98 Å². The van der Waals surface area contributed by atoms with Gasteiger partial charge in [-0.1, -0.05) is 18.5 Å². The number of halogens is 1. The number of hydrogen-bond donors (Lipinski definition) is 2. The van der Waals surface area contributed by atoms with Crippen LogP contribution in [0.2, 0.25) is 5.02 Å². The van der Waals surface area contributed by atoms with E-state index >= 15 is 0 Å². The molecule has 110 valence electrons. The minimum Gasteiger partial charge on any atom is -0.319 e. The largest absolute Gasteiger partial charge is 0.319 e. The predicted octanol–water partition coefficient (Wildman–Crippen LogP) is 2.49. The molecule has 0 aliphatic carbocycles. The average molecular weight is 310 g/mol. The molecule has 0 spiro atoms. The predicted molar refractivity (Wildman–Crippen MR) is 76.6 cm³/mol. The molecule has 1 aromatic heterocycles. The summed E-state index contributed by atoms with van der Waals surface area (Å²) < 4.78 is 0. The second kappa shape index (κ2) is 5.88. The number of aromatic nitrogens is 3. The van der Waals surface area contributed by atoms with E-state index in [1.807, 2.05) is 6.92 Å². The number of aryl methyl sites for hydroxylation is 2. The number of nitrogens with zero attached hydrogens (tertiary/aromatic N) is 3. The van der Waals surface area contributed by atoms with Crippen LogP contribution in [0.1, 0.15) is 28.9 Å². The third-order valence-corrected chi connectivity index (χ3v) is 3.11. The highest BCUT2D eigenvalue weighted by atomic mass is 35.5. The van der Waals surface area contributed by atoms with Gasteiger partial charge in [0, 0.05) is 18.2 Å². The summed E-state index contributed by atoms with van der Waals surface area (Å²) in [7, 11) is 0. The Morgan fingerprint density at radius 3 is 2.81 bits per heavy atom. The molecule has 0 saturated heterocycles. The number of rotatable bonds is 4. The first kappa shape index (κ1) is 14.9. The topological polar surface area (TPSA) is 114 Å². The van der Waals surface area contributed by atoms with Crippen LogP contribution in [-0.4, -0.2) is 26.0 Å². The molecule has 2 N–H and O–H groups in total. The van der Waals surface area contributed by atoms with E-state index in [9.17, 15) is 14.9 Å². The minimum atomic E-state index is -0.580. The quantitative estimate of drug-likeness (QED) is 0.665. The van der Waals surface area contributed by atoms with Crippen LogP contribution in [0.15, 0.2) is 12.1 Å². The lowest BCUT2D eigenvalue weighted by Gasteiger charge is -2.07. The van der Waals surface area contributed by atoms with Gasteiger partial charge in [-0.3, -0.25) is 20.0 Å². The van der Waals surface area contributed by atoms with Crippen LogP contribution in [0, 0.1) is 17.0 Å². The number of aromatic amines is 1. The van der Waals surface area contributed by atoms with Gasteiger partial charge in [-0.2, -0.15) is 0 Å². The fraction of sp³-hybridized carbons (Fsp3) is 0.250. The van der Waals surface area contributed by atoms with Crippen LogP contribution >= 0.6 is 11.6 Å². The summed E-state index contributed by atoms with van der Waals surface area (Å²) in [6, 6.07) is 2.63. The highest BCUT2D eigenvalue weighted by molar-refractivity contribution is 6.33. The molecule has 0 aliphatic heterocycles. The van der Waals surface area contributed by atoms with Crippen molar-refractivity contribution in [2.24, 2.45) is 0 Å². The first-order chi connectivity index (χ1) is 9.92. The summed E-state index contributed by atoms with van der Waals surface area (Å²) in [5.74, 6) is 0.0818. The Hall–Kier alpha value is -2.48. The molecule has 0 fully saturated rings. The summed E-state index contributed by atoms with van der Waals surface area (Å²) >= 11 is 5.82. The van der Waals surface area contributed by atoms with E-state index in [0.29, 0.717) is 23.5 Å². The number of benzene rings is 1. The van der Waals surface area contributed by atoms with Crippen LogP contribution in [-0.2, 0) is 6.42 Å². The van der Waals surface area contributed by atoms with Gasteiger partial charge < -0.3 is 5.32 Å². The lowest BCUT2D eigenvalue weighted by molar-refractivity contribution is -0.384. The Morgan fingerprint density at radius 1 is 1.52 bits per heavy atom. The fourth-order valence-corrected chi connectivity index (χ4v) is 1.91. The summed E-state index contributed by atoms with van der Waals surface area (Å²) in [5.41, 5.74) is 0.683. The maximum atomic E-state index is 12.0. The van der Waals surface area contributed by atoms with Crippen LogP contribution in [0.5, 0.6) is 0 Å². The maximum absolute atomic E-state index is 12.0. The van der Waals surface area contributed by atoms with Crippen LogP contribution in [0.3, 0.4) is 0 Å². The number of carbonyl (C=O) groups is 1. The highest BCUT2D eigenvalue weighted by Crippen LogP contribution is 2.30. The van der Waals surface area contributed by atoms with Crippen molar-refractivity contribution in [3.8, 4) is 0 Å². The number of nitro groups is 1. The van der Waals surface area contributed by atoms with E-state index in [-0.39, 0.29) is 16.5 Å². The SMILES string of the molecule is CCc1nc(C(=O)Nc2cc(Cl)c([N+](=O)[O-])cc2C)n[nH]1.